The fraction of sp³-hybridized carbons (Fsp3) is 0.364. The standard InChI is InChI=1S/C11H10F3NO2/c1-16-8-5-7(3-4-15)10(17-2)9(6-8)11(12,13)14/h5-6H,3H2,1-2H3. The van der Waals surface area contributed by atoms with Gasteiger partial charge in [0, 0.05) is 5.56 Å². The van der Waals surface area contributed by atoms with E-state index in [0.29, 0.717) is 0 Å². The highest BCUT2D eigenvalue weighted by atomic mass is 19.4. The maximum Gasteiger partial charge on any atom is 0.420 e. The van der Waals surface area contributed by atoms with Crippen LogP contribution < -0.4 is 9.47 Å². The molecule has 1 aromatic rings. The molecular formula is C11H10F3NO2. The first-order valence-corrected chi connectivity index (χ1v) is 4.63. The van der Waals surface area contributed by atoms with Crippen LogP contribution in [0.2, 0.25) is 0 Å². The molecule has 0 fully saturated rings. The number of methoxy groups -OCH3 is 2. The van der Waals surface area contributed by atoms with Gasteiger partial charge in [0.15, 0.2) is 0 Å². The van der Waals surface area contributed by atoms with Gasteiger partial charge in [0.05, 0.1) is 26.7 Å². The minimum absolute atomic E-state index is 0.0448. The molecule has 0 aliphatic rings. The molecule has 0 unspecified atom stereocenters. The number of ether oxygens (including phenoxy) is 2. The van der Waals surface area contributed by atoms with Crippen LogP contribution in [0.5, 0.6) is 11.5 Å². The molecule has 0 saturated carbocycles. The normalized spacial score (nSPS) is 10.8. The lowest BCUT2D eigenvalue weighted by atomic mass is 10.1. The molecule has 0 amide bonds. The van der Waals surface area contributed by atoms with Crippen LogP contribution in [-0.4, -0.2) is 14.2 Å². The first kappa shape index (κ1) is 13.2. The summed E-state index contributed by atoms with van der Waals surface area (Å²) >= 11 is 0. The summed E-state index contributed by atoms with van der Waals surface area (Å²) in [5.74, 6) is -0.289. The molecule has 6 heteroatoms. The van der Waals surface area contributed by atoms with E-state index in [-0.39, 0.29) is 23.5 Å². The van der Waals surface area contributed by atoms with Gasteiger partial charge < -0.3 is 9.47 Å². The minimum atomic E-state index is -4.55. The first-order valence-electron chi connectivity index (χ1n) is 4.63. The van der Waals surface area contributed by atoms with E-state index in [9.17, 15) is 13.2 Å². The topological polar surface area (TPSA) is 42.2 Å². The molecule has 0 spiro atoms. The van der Waals surface area contributed by atoms with E-state index in [4.69, 9.17) is 14.7 Å². The average Bonchev–Trinajstić information content (AvgIpc) is 2.27. The number of hydrogen-bond acceptors (Lipinski definition) is 3. The Kier molecular flexibility index (Phi) is 3.84. The molecule has 92 valence electrons. The number of halogens is 3. The third-order valence-corrected chi connectivity index (χ3v) is 2.15. The maximum atomic E-state index is 12.8. The average molecular weight is 245 g/mol. The highest BCUT2D eigenvalue weighted by molar-refractivity contribution is 5.49. The zero-order valence-electron chi connectivity index (χ0n) is 9.26. The van der Waals surface area contributed by atoms with Crippen molar-refractivity contribution in [1.29, 1.82) is 5.26 Å². The molecule has 0 atom stereocenters. The fourth-order valence-corrected chi connectivity index (χ4v) is 1.45. The molecule has 0 aliphatic heterocycles. The van der Waals surface area contributed by atoms with Gasteiger partial charge in [-0.1, -0.05) is 0 Å². The van der Waals surface area contributed by atoms with Gasteiger partial charge in [-0.3, -0.25) is 0 Å². The first-order chi connectivity index (χ1) is 7.93. The molecule has 0 bridgehead atoms. The third-order valence-electron chi connectivity index (χ3n) is 2.15. The molecule has 0 aromatic heterocycles. The lowest BCUT2D eigenvalue weighted by Crippen LogP contribution is -2.09. The van der Waals surface area contributed by atoms with Gasteiger partial charge in [-0.15, -0.1) is 0 Å². The zero-order chi connectivity index (χ0) is 13.1. The maximum absolute atomic E-state index is 12.8. The summed E-state index contributed by atoms with van der Waals surface area (Å²) in [5, 5.41) is 8.57. The van der Waals surface area contributed by atoms with Gasteiger partial charge >= 0.3 is 6.18 Å². The molecule has 0 radical (unpaired) electrons. The zero-order valence-corrected chi connectivity index (χ0v) is 9.26. The Labute approximate surface area is 96.4 Å². The second kappa shape index (κ2) is 4.95. The van der Waals surface area contributed by atoms with Crippen LogP contribution in [0, 0.1) is 11.3 Å². The SMILES string of the molecule is COc1cc(CC#N)c(OC)c(C(F)(F)F)c1. The number of benzene rings is 1. The summed E-state index contributed by atoms with van der Waals surface area (Å²) in [6.45, 7) is 0. The summed E-state index contributed by atoms with van der Waals surface area (Å²) in [7, 11) is 2.40. The van der Waals surface area contributed by atoms with Crippen LogP contribution in [-0.2, 0) is 12.6 Å². The predicted molar refractivity (Wildman–Crippen MR) is 53.9 cm³/mol. The van der Waals surface area contributed by atoms with E-state index in [1.165, 1.54) is 13.2 Å². The molecule has 0 N–H and O–H groups in total. The van der Waals surface area contributed by atoms with Crippen LogP contribution in [0.15, 0.2) is 12.1 Å². The van der Waals surface area contributed by atoms with Gasteiger partial charge in [0.1, 0.15) is 17.1 Å². The van der Waals surface area contributed by atoms with Crippen molar-refractivity contribution in [2.24, 2.45) is 0 Å². The highest BCUT2D eigenvalue weighted by Crippen LogP contribution is 2.40. The van der Waals surface area contributed by atoms with E-state index >= 15 is 0 Å². The lowest BCUT2D eigenvalue weighted by Gasteiger charge is -2.16. The lowest BCUT2D eigenvalue weighted by molar-refractivity contribution is -0.138. The number of hydrogen-bond donors (Lipinski definition) is 0. The summed E-state index contributed by atoms with van der Waals surface area (Å²) in [4.78, 5) is 0. The van der Waals surface area contributed by atoms with Crippen molar-refractivity contribution in [3.05, 3.63) is 23.3 Å². The Hall–Kier alpha value is -1.90. The van der Waals surface area contributed by atoms with Gasteiger partial charge in [0.25, 0.3) is 0 Å². The molecule has 1 aromatic carbocycles. The van der Waals surface area contributed by atoms with E-state index in [1.807, 2.05) is 0 Å². The monoisotopic (exact) mass is 245 g/mol. The Bertz CT molecular complexity index is 449. The van der Waals surface area contributed by atoms with Crippen molar-refractivity contribution in [3.63, 3.8) is 0 Å². The van der Waals surface area contributed by atoms with E-state index in [0.717, 1.165) is 13.2 Å². The minimum Gasteiger partial charge on any atom is -0.497 e. The van der Waals surface area contributed by atoms with E-state index in [1.54, 1.807) is 6.07 Å². The Morgan fingerprint density at radius 1 is 1.24 bits per heavy atom. The van der Waals surface area contributed by atoms with Gasteiger partial charge in [-0.25, -0.2) is 0 Å². The van der Waals surface area contributed by atoms with E-state index in [2.05, 4.69) is 0 Å². The highest BCUT2D eigenvalue weighted by Gasteiger charge is 2.36. The molecule has 17 heavy (non-hydrogen) atoms. The summed E-state index contributed by atoms with van der Waals surface area (Å²) in [5.41, 5.74) is -0.786. The number of nitrogens with zero attached hydrogens (tertiary/aromatic N) is 1. The number of nitriles is 1. The second-order valence-corrected chi connectivity index (χ2v) is 3.20. The molecule has 0 heterocycles. The third kappa shape index (κ3) is 2.81. The second-order valence-electron chi connectivity index (χ2n) is 3.20. The van der Waals surface area contributed by atoms with Crippen molar-refractivity contribution in [1.82, 2.24) is 0 Å². The smallest absolute Gasteiger partial charge is 0.420 e. The Morgan fingerprint density at radius 2 is 1.88 bits per heavy atom. The van der Waals surface area contributed by atoms with Gasteiger partial charge in [-0.05, 0) is 12.1 Å². The Balaban J connectivity index is 3.46. The fourth-order valence-electron chi connectivity index (χ4n) is 1.45. The van der Waals surface area contributed by atoms with E-state index < -0.39 is 11.7 Å². The van der Waals surface area contributed by atoms with Crippen molar-refractivity contribution < 1.29 is 22.6 Å². The van der Waals surface area contributed by atoms with Crippen molar-refractivity contribution in [2.75, 3.05) is 14.2 Å². The van der Waals surface area contributed by atoms with Crippen LogP contribution in [0.4, 0.5) is 13.2 Å². The van der Waals surface area contributed by atoms with Crippen LogP contribution in [0.1, 0.15) is 11.1 Å². The summed E-state index contributed by atoms with van der Waals surface area (Å²) < 4.78 is 47.8. The van der Waals surface area contributed by atoms with Crippen LogP contribution in [0.3, 0.4) is 0 Å². The van der Waals surface area contributed by atoms with Gasteiger partial charge in [0.2, 0.25) is 0 Å². The number of alkyl halides is 3. The Morgan fingerprint density at radius 3 is 2.29 bits per heavy atom. The number of rotatable bonds is 3. The molecule has 0 aliphatic carbocycles. The largest absolute Gasteiger partial charge is 0.497 e. The predicted octanol–water partition coefficient (Wildman–Crippen LogP) is 2.79. The molecule has 1 rings (SSSR count). The van der Waals surface area contributed by atoms with Crippen molar-refractivity contribution in [3.8, 4) is 17.6 Å². The summed E-state index contributed by atoms with van der Waals surface area (Å²) in [6, 6.07) is 3.99. The van der Waals surface area contributed by atoms with Crippen LogP contribution >= 0.6 is 0 Å². The van der Waals surface area contributed by atoms with Crippen molar-refractivity contribution >= 4 is 0 Å². The van der Waals surface area contributed by atoms with Gasteiger partial charge in [-0.2, -0.15) is 18.4 Å². The van der Waals surface area contributed by atoms with Crippen LogP contribution in [0.25, 0.3) is 0 Å². The molecular weight excluding hydrogens is 235 g/mol. The molecule has 0 saturated heterocycles. The quantitative estimate of drug-likeness (QED) is 0.822. The summed E-state index contributed by atoms with van der Waals surface area (Å²) in [6.07, 6.45) is -4.73. The molecule has 3 nitrogen and oxygen atoms in total. The van der Waals surface area contributed by atoms with Crippen molar-refractivity contribution in [2.45, 2.75) is 12.6 Å².